The number of aliphatic carboxylic acids is 1. The summed E-state index contributed by atoms with van der Waals surface area (Å²) in [6.07, 6.45) is -0.483. The third-order valence-electron chi connectivity index (χ3n) is 1.75. The van der Waals surface area contributed by atoms with Crippen LogP contribution in [0.2, 0.25) is 0 Å². The molecule has 0 bridgehead atoms. The lowest BCUT2D eigenvalue weighted by Gasteiger charge is -2.04. The Hall–Kier alpha value is -0.950. The van der Waals surface area contributed by atoms with E-state index in [2.05, 4.69) is 36.8 Å². The van der Waals surface area contributed by atoms with Crippen LogP contribution in [0.3, 0.4) is 0 Å². The number of halogens is 2. The summed E-state index contributed by atoms with van der Waals surface area (Å²) in [5.74, 6) is -1.86. The first-order chi connectivity index (χ1) is 7.41. The van der Waals surface area contributed by atoms with E-state index < -0.39 is 11.8 Å². The van der Waals surface area contributed by atoms with Gasteiger partial charge in [0, 0.05) is 6.42 Å². The SMILES string of the molecule is O=C(O)CCC(=O)c1nc(Br)cc(Br)c1O. The van der Waals surface area contributed by atoms with Crippen molar-refractivity contribution >= 4 is 43.6 Å². The number of carboxylic acid groups (broad SMARTS) is 1. The van der Waals surface area contributed by atoms with Crippen LogP contribution >= 0.6 is 31.9 Å². The number of Topliss-reactive ketones (excluding diaryl/α,β-unsaturated/α-hetero) is 1. The van der Waals surface area contributed by atoms with Gasteiger partial charge in [-0.3, -0.25) is 9.59 Å². The van der Waals surface area contributed by atoms with Gasteiger partial charge in [0.2, 0.25) is 0 Å². The van der Waals surface area contributed by atoms with Crippen molar-refractivity contribution in [3.05, 3.63) is 20.8 Å². The molecular weight excluding hydrogens is 346 g/mol. The van der Waals surface area contributed by atoms with Crippen molar-refractivity contribution in [2.45, 2.75) is 12.8 Å². The molecule has 0 unspecified atom stereocenters. The number of aromatic hydroxyl groups is 1. The molecule has 0 aromatic carbocycles. The zero-order valence-electron chi connectivity index (χ0n) is 7.91. The number of hydrogen-bond acceptors (Lipinski definition) is 4. The fourth-order valence-electron chi connectivity index (χ4n) is 1.01. The molecule has 0 fully saturated rings. The predicted octanol–water partition coefficient (Wildman–Crippen LogP) is 2.36. The van der Waals surface area contributed by atoms with E-state index in [0.717, 1.165) is 0 Å². The summed E-state index contributed by atoms with van der Waals surface area (Å²) in [4.78, 5) is 25.7. The zero-order valence-corrected chi connectivity index (χ0v) is 11.1. The number of aromatic nitrogens is 1. The summed E-state index contributed by atoms with van der Waals surface area (Å²) in [5.41, 5.74) is -0.137. The van der Waals surface area contributed by atoms with Crippen LogP contribution in [0.5, 0.6) is 5.75 Å². The topological polar surface area (TPSA) is 87.5 Å². The van der Waals surface area contributed by atoms with E-state index in [1.807, 2.05) is 0 Å². The summed E-state index contributed by atoms with van der Waals surface area (Å²) < 4.78 is 0.712. The van der Waals surface area contributed by atoms with Gasteiger partial charge in [0.15, 0.2) is 17.2 Å². The van der Waals surface area contributed by atoms with Crippen LogP contribution in [0.1, 0.15) is 23.3 Å². The first kappa shape index (κ1) is 13.1. The monoisotopic (exact) mass is 351 g/mol. The Bertz CT molecular complexity index is 447. The van der Waals surface area contributed by atoms with Crippen molar-refractivity contribution in [2.24, 2.45) is 0 Å². The van der Waals surface area contributed by atoms with E-state index in [1.54, 1.807) is 0 Å². The Morgan fingerprint density at radius 3 is 2.50 bits per heavy atom. The van der Waals surface area contributed by atoms with Crippen LogP contribution in [-0.2, 0) is 4.79 Å². The maximum atomic E-state index is 11.5. The van der Waals surface area contributed by atoms with Crippen LogP contribution in [0.15, 0.2) is 15.1 Å². The number of rotatable bonds is 4. The summed E-state index contributed by atoms with van der Waals surface area (Å²) in [7, 11) is 0. The lowest BCUT2D eigenvalue weighted by atomic mass is 10.1. The molecule has 1 aromatic rings. The molecule has 1 heterocycles. The molecule has 0 aliphatic carbocycles. The third-order valence-corrected chi connectivity index (χ3v) is 2.76. The van der Waals surface area contributed by atoms with Gasteiger partial charge in [0.1, 0.15) is 4.60 Å². The lowest BCUT2D eigenvalue weighted by Crippen LogP contribution is -2.06. The maximum Gasteiger partial charge on any atom is 0.303 e. The van der Waals surface area contributed by atoms with Crippen LogP contribution in [-0.4, -0.2) is 26.9 Å². The number of carbonyl (C=O) groups is 2. The zero-order chi connectivity index (χ0) is 12.3. The molecule has 0 radical (unpaired) electrons. The Morgan fingerprint density at radius 1 is 1.31 bits per heavy atom. The van der Waals surface area contributed by atoms with Crippen LogP contribution in [0, 0.1) is 0 Å². The first-order valence-corrected chi connectivity index (χ1v) is 5.80. The molecule has 0 aliphatic heterocycles. The van der Waals surface area contributed by atoms with Gasteiger partial charge in [-0.25, -0.2) is 4.98 Å². The van der Waals surface area contributed by atoms with Crippen LogP contribution in [0.4, 0.5) is 0 Å². The number of carboxylic acids is 1. The van der Waals surface area contributed by atoms with E-state index in [4.69, 9.17) is 5.11 Å². The van der Waals surface area contributed by atoms with Crippen molar-refractivity contribution in [2.75, 3.05) is 0 Å². The van der Waals surface area contributed by atoms with Crippen molar-refractivity contribution in [1.29, 1.82) is 0 Å². The van der Waals surface area contributed by atoms with E-state index in [-0.39, 0.29) is 24.3 Å². The number of carbonyl (C=O) groups excluding carboxylic acids is 1. The molecule has 0 atom stereocenters. The average molecular weight is 353 g/mol. The number of nitrogens with zero attached hydrogens (tertiary/aromatic N) is 1. The Labute approximate surface area is 108 Å². The maximum absolute atomic E-state index is 11.5. The number of ketones is 1. The molecule has 1 rings (SSSR count). The fourth-order valence-corrected chi connectivity index (χ4v) is 2.13. The van der Waals surface area contributed by atoms with Crippen molar-refractivity contribution in [1.82, 2.24) is 4.98 Å². The van der Waals surface area contributed by atoms with Crippen LogP contribution < -0.4 is 0 Å². The van der Waals surface area contributed by atoms with Crippen molar-refractivity contribution in [3.63, 3.8) is 0 Å². The molecular formula is C9H7Br2NO4. The smallest absolute Gasteiger partial charge is 0.303 e. The highest BCUT2D eigenvalue weighted by Gasteiger charge is 2.17. The average Bonchev–Trinajstić information content (AvgIpc) is 2.19. The van der Waals surface area contributed by atoms with E-state index in [1.165, 1.54) is 6.07 Å². The van der Waals surface area contributed by atoms with E-state index in [0.29, 0.717) is 9.08 Å². The minimum Gasteiger partial charge on any atom is -0.504 e. The number of pyridine rings is 1. The molecule has 1 aromatic heterocycles. The molecule has 0 spiro atoms. The number of hydrogen-bond donors (Lipinski definition) is 2. The van der Waals surface area contributed by atoms with Crippen LogP contribution in [0.25, 0.3) is 0 Å². The molecule has 86 valence electrons. The van der Waals surface area contributed by atoms with Crippen molar-refractivity contribution in [3.8, 4) is 5.75 Å². The quantitative estimate of drug-likeness (QED) is 0.641. The van der Waals surface area contributed by atoms with Gasteiger partial charge in [0.05, 0.1) is 10.9 Å². The molecule has 16 heavy (non-hydrogen) atoms. The third kappa shape index (κ3) is 3.28. The normalized spacial score (nSPS) is 10.1. The Kier molecular flexibility index (Phi) is 4.43. The molecule has 0 amide bonds. The highest BCUT2D eigenvalue weighted by Crippen LogP contribution is 2.30. The Morgan fingerprint density at radius 2 is 1.94 bits per heavy atom. The molecule has 0 saturated heterocycles. The van der Waals surface area contributed by atoms with Crippen molar-refractivity contribution < 1.29 is 19.8 Å². The summed E-state index contributed by atoms with van der Waals surface area (Å²) >= 11 is 6.13. The van der Waals surface area contributed by atoms with E-state index in [9.17, 15) is 14.7 Å². The van der Waals surface area contributed by atoms with Gasteiger partial charge < -0.3 is 10.2 Å². The van der Waals surface area contributed by atoms with Gasteiger partial charge in [-0.2, -0.15) is 0 Å². The van der Waals surface area contributed by atoms with E-state index >= 15 is 0 Å². The summed E-state index contributed by atoms with van der Waals surface area (Å²) in [5, 5.41) is 18.0. The van der Waals surface area contributed by atoms with Gasteiger partial charge in [-0.15, -0.1) is 0 Å². The minimum absolute atomic E-state index is 0.137. The predicted molar refractivity (Wildman–Crippen MR) is 62.5 cm³/mol. The minimum atomic E-state index is -1.07. The summed E-state index contributed by atoms with van der Waals surface area (Å²) in [6, 6.07) is 1.49. The van der Waals surface area contributed by atoms with Gasteiger partial charge in [-0.1, -0.05) is 0 Å². The molecule has 0 saturated carbocycles. The summed E-state index contributed by atoms with van der Waals surface area (Å²) in [6.45, 7) is 0. The highest BCUT2D eigenvalue weighted by molar-refractivity contribution is 9.11. The first-order valence-electron chi connectivity index (χ1n) is 4.22. The Balaban J connectivity index is 2.95. The lowest BCUT2D eigenvalue weighted by molar-refractivity contribution is -0.136. The fraction of sp³-hybridized carbons (Fsp3) is 0.222. The standard InChI is InChI=1S/C9H7Br2NO4/c10-4-3-6(11)12-8(9(4)16)5(13)1-2-7(14)15/h3,16H,1-2H2,(H,14,15). The molecule has 7 heteroatoms. The second-order valence-electron chi connectivity index (χ2n) is 2.94. The molecule has 5 nitrogen and oxygen atoms in total. The van der Waals surface area contributed by atoms with Gasteiger partial charge >= 0.3 is 5.97 Å². The highest BCUT2D eigenvalue weighted by atomic mass is 79.9. The molecule has 2 N–H and O–H groups in total. The second kappa shape index (κ2) is 5.40. The van der Waals surface area contributed by atoms with Gasteiger partial charge in [0.25, 0.3) is 0 Å². The largest absolute Gasteiger partial charge is 0.504 e. The molecule has 0 aliphatic rings. The second-order valence-corrected chi connectivity index (χ2v) is 4.61. The van der Waals surface area contributed by atoms with Gasteiger partial charge in [-0.05, 0) is 37.9 Å².